The summed E-state index contributed by atoms with van der Waals surface area (Å²) in [6, 6.07) is 16.1. The molecule has 6 rings (SSSR count). The summed E-state index contributed by atoms with van der Waals surface area (Å²) in [5, 5.41) is 6.32. The third-order valence-corrected chi connectivity index (χ3v) is 7.15. The standard InChI is InChI=1S/C30H29ClN6O2/c1-30(2,3)39-29(38)36-14-12-35(13-15-36)27-9-8-20(16-25(27)31)21-17-33-28-24(18-34-37(28)19-21)22-10-11-32-26-7-5-4-6-23(22)26/h4-11,16-19H,12-15H2,1-3H3. The van der Waals surface area contributed by atoms with Crippen molar-refractivity contribution < 1.29 is 9.53 Å². The minimum Gasteiger partial charge on any atom is -0.444 e. The summed E-state index contributed by atoms with van der Waals surface area (Å²) in [5.74, 6) is 0. The molecule has 1 saturated heterocycles. The summed E-state index contributed by atoms with van der Waals surface area (Å²) in [6.45, 7) is 8.18. The number of carbonyl (C=O) groups is 1. The maximum absolute atomic E-state index is 12.4. The fourth-order valence-corrected chi connectivity index (χ4v) is 5.24. The number of rotatable bonds is 3. The Morgan fingerprint density at radius 1 is 0.923 bits per heavy atom. The zero-order valence-corrected chi connectivity index (χ0v) is 22.9. The number of halogens is 1. The van der Waals surface area contributed by atoms with Gasteiger partial charge in [0.2, 0.25) is 0 Å². The number of hydrogen-bond acceptors (Lipinski definition) is 6. The van der Waals surface area contributed by atoms with Crippen LogP contribution in [0.1, 0.15) is 20.8 Å². The quantitative estimate of drug-likeness (QED) is 0.266. The summed E-state index contributed by atoms with van der Waals surface area (Å²) in [6.07, 6.45) is 7.22. The zero-order valence-electron chi connectivity index (χ0n) is 22.1. The van der Waals surface area contributed by atoms with Crippen LogP contribution in [0.4, 0.5) is 10.5 Å². The van der Waals surface area contributed by atoms with Gasteiger partial charge in [-0.15, -0.1) is 0 Å². The molecule has 2 aromatic carbocycles. The molecule has 9 heteroatoms. The fraction of sp³-hybridized carbons (Fsp3) is 0.267. The van der Waals surface area contributed by atoms with Crippen LogP contribution in [0, 0.1) is 0 Å². The topological polar surface area (TPSA) is 75.9 Å². The predicted octanol–water partition coefficient (Wildman–Crippen LogP) is 6.32. The number of amides is 1. The van der Waals surface area contributed by atoms with Crippen molar-refractivity contribution in [1.82, 2.24) is 24.5 Å². The van der Waals surface area contributed by atoms with Gasteiger partial charge in [0, 0.05) is 61.3 Å². The lowest BCUT2D eigenvalue weighted by molar-refractivity contribution is 0.0240. The van der Waals surface area contributed by atoms with Crippen LogP contribution in [0.2, 0.25) is 5.02 Å². The van der Waals surface area contributed by atoms with Crippen molar-refractivity contribution in [2.45, 2.75) is 26.4 Å². The highest BCUT2D eigenvalue weighted by Gasteiger charge is 2.26. The molecule has 5 aromatic rings. The van der Waals surface area contributed by atoms with Crippen molar-refractivity contribution in [1.29, 1.82) is 0 Å². The SMILES string of the molecule is CC(C)(C)OC(=O)N1CCN(c2ccc(-c3cnc4c(-c5ccnc6ccccc56)cnn4c3)cc2Cl)CC1. The van der Waals surface area contributed by atoms with Crippen LogP contribution in [0.3, 0.4) is 0 Å². The second-order valence-corrected chi connectivity index (χ2v) is 11.1. The van der Waals surface area contributed by atoms with E-state index in [-0.39, 0.29) is 6.09 Å². The smallest absolute Gasteiger partial charge is 0.410 e. The summed E-state index contributed by atoms with van der Waals surface area (Å²) < 4.78 is 7.31. The van der Waals surface area contributed by atoms with Gasteiger partial charge in [-0.05, 0) is 56.2 Å². The molecule has 39 heavy (non-hydrogen) atoms. The van der Waals surface area contributed by atoms with E-state index >= 15 is 0 Å². The van der Waals surface area contributed by atoms with E-state index in [1.807, 2.05) is 88.0 Å². The van der Waals surface area contributed by atoms with Crippen molar-refractivity contribution in [2.75, 3.05) is 31.1 Å². The minimum absolute atomic E-state index is 0.273. The zero-order chi connectivity index (χ0) is 27.1. The number of nitrogens with zero attached hydrogens (tertiary/aromatic N) is 6. The van der Waals surface area contributed by atoms with Crippen LogP contribution in [-0.4, -0.2) is 62.4 Å². The van der Waals surface area contributed by atoms with Gasteiger partial charge in [0.05, 0.1) is 22.4 Å². The van der Waals surface area contributed by atoms with E-state index in [2.05, 4.69) is 21.0 Å². The van der Waals surface area contributed by atoms with Crippen LogP contribution in [0.25, 0.3) is 38.8 Å². The van der Waals surface area contributed by atoms with Crippen molar-refractivity contribution in [3.8, 4) is 22.3 Å². The molecular formula is C30H29ClN6O2. The van der Waals surface area contributed by atoms with Crippen LogP contribution in [0.5, 0.6) is 0 Å². The Bertz CT molecular complexity index is 1680. The molecule has 0 N–H and O–H groups in total. The fourth-order valence-electron chi connectivity index (χ4n) is 4.94. The highest BCUT2D eigenvalue weighted by atomic mass is 35.5. The Balaban J connectivity index is 1.21. The average molecular weight is 541 g/mol. The second kappa shape index (κ2) is 9.85. The van der Waals surface area contributed by atoms with Crippen molar-refractivity contribution in [3.05, 3.63) is 78.3 Å². The Labute approximate surface area is 231 Å². The van der Waals surface area contributed by atoms with Crippen molar-refractivity contribution >= 4 is 39.9 Å². The Morgan fingerprint density at radius 2 is 1.72 bits per heavy atom. The number of anilines is 1. The molecule has 1 aliphatic heterocycles. The first-order chi connectivity index (χ1) is 18.8. The number of carbonyl (C=O) groups excluding carboxylic acids is 1. The molecular weight excluding hydrogens is 512 g/mol. The largest absolute Gasteiger partial charge is 0.444 e. The predicted molar refractivity (Wildman–Crippen MR) is 154 cm³/mol. The molecule has 1 amide bonds. The number of hydrogen-bond donors (Lipinski definition) is 0. The molecule has 8 nitrogen and oxygen atoms in total. The molecule has 198 valence electrons. The molecule has 0 atom stereocenters. The summed E-state index contributed by atoms with van der Waals surface area (Å²) in [4.78, 5) is 25.6. The first kappa shape index (κ1) is 25.1. The Kier molecular flexibility index (Phi) is 6.35. The molecule has 4 heterocycles. The van der Waals surface area contributed by atoms with Gasteiger partial charge in [0.25, 0.3) is 0 Å². The average Bonchev–Trinajstić information content (AvgIpc) is 3.35. The summed E-state index contributed by atoms with van der Waals surface area (Å²) >= 11 is 6.76. The molecule has 0 aliphatic carbocycles. The number of ether oxygens (including phenoxy) is 1. The van der Waals surface area contributed by atoms with Crippen LogP contribution in [0.15, 0.2) is 73.3 Å². The van der Waals surface area contributed by atoms with Crippen molar-refractivity contribution in [2.24, 2.45) is 0 Å². The molecule has 0 bridgehead atoms. The molecule has 0 saturated carbocycles. The minimum atomic E-state index is -0.504. The highest BCUT2D eigenvalue weighted by Crippen LogP contribution is 2.34. The van der Waals surface area contributed by atoms with Gasteiger partial charge in [-0.1, -0.05) is 35.9 Å². The third kappa shape index (κ3) is 5.00. The van der Waals surface area contributed by atoms with Crippen LogP contribution >= 0.6 is 11.6 Å². The van der Waals surface area contributed by atoms with Gasteiger partial charge in [-0.25, -0.2) is 14.3 Å². The number of fused-ring (bicyclic) bond motifs is 2. The number of benzene rings is 2. The van der Waals surface area contributed by atoms with Gasteiger partial charge in [0.1, 0.15) is 5.60 Å². The second-order valence-electron chi connectivity index (χ2n) is 10.7. The first-order valence-electron chi connectivity index (χ1n) is 13.0. The number of aromatic nitrogens is 4. The first-order valence-corrected chi connectivity index (χ1v) is 13.3. The summed E-state index contributed by atoms with van der Waals surface area (Å²) in [7, 11) is 0. The van der Waals surface area contributed by atoms with Gasteiger partial charge in [-0.3, -0.25) is 4.98 Å². The molecule has 1 aliphatic rings. The van der Waals surface area contributed by atoms with Crippen LogP contribution in [-0.2, 0) is 4.74 Å². The molecule has 0 radical (unpaired) electrons. The normalized spacial score (nSPS) is 14.3. The van der Waals surface area contributed by atoms with Gasteiger partial charge >= 0.3 is 6.09 Å². The Morgan fingerprint density at radius 3 is 2.49 bits per heavy atom. The lowest BCUT2D eigenvalue weighted by Crippen LogP contribution is -2.50. The Hall–Kier alpha value is -4.17. The van der Waals surface area contributed by atoms with Gasteiger partial charge < -0.3 is 14.5 Å². The van der Waals surface area contributed by atoms with E-state index in [9.17, 15) is 4.79 Å². The van der Waals surface area contributed by atoms with E-state index in [1.165, 1.54) is 0 Å². The third-order valence-electron chi connectivity index (χ3n) is 6.85. The highest BCUT2D eigenvalue weighted by molar-refractivity contribution is 6.33. The lowest BCUT2D eigenvalue weighted by atomic mass is 10.0. The number of pyridine rings is 1. The maximum atomic E-state index is 12.4. The maximum Gasteiger partial charge on any atom is 0.410 e. The molecule has 0 spiro atoms. The van der Waals surface area contributed by atoms with Gasteiger partial charge in [0.15, 0.2) is 5.65 Å². The summed E-state index contributed by atoms with van der Waals surface area (Å²) in [5.41, 5.74) is 6.04. The van der Waals surface area contributed by atoms with E-state index in [4.69, 9.17) is 21.3 Å². The van der Waals surface area contributed by atoms with Gasteiger partial charge in [-0.2, -0.15) is 5.10 Å². The van der Waals surface area contributed by atoms with Crippen molar-refractivity contribution in [3.63, 3.8) is 0 Å². The van der Waals surface area contributed by atoms with E-state index in [0.717, 1.165) is 44.5 Å². The van der Waals surface area contributed by atoms with Crippen LogP contribution < -0.4 is 4.90 Å². The monoisotopic (exact) mass is 540 g/mol. The molecule has 1 fully saturated rings. The molecule has 0 unspecified atom stereocenters. The van der Waals surface area contributed by atoms with E-state index in [0.29, 0.717) is 31.2 Å². The number of para-hydroxylation sites is 1. The molecule has 3 aromatic heterocycles. The number of piperazine rings is 1. The lowest BCUT2D eigenvalue weighted by Gasteiger charge is -2.37. The van der Waals surface area contributed by atoms with E-state index in [1.54, 1.807) is 9.42 Å². The van der Waals surface area contributed by atoms with E-state index < -0.39 is 5.60 Å².